The van der Waals surface area contributed by atoms with Gasteiger partial charge < -0.3 is 9.47 Å². The summed E-state index contributed by atoms with van der Waals surface area (Å²) >= 11 is 0.967. The van der Waals surface area contributed by atoms with E-state index in [2.05, 4.69) is 10.3 Å². The molecule has 1 N–H and O–H groups in total. The molecule has 164 valence electrons. The molecule has 1 aromatic carbocycles. The van der Waals surface area contributed by atoms with Crippen LogP contribution in [-0.2, 0) is 33.1 Å². The number of nitrogens with one attached hydrogen (secondary N) is 1. The fraction of sp³-hybridized carbons (Fsp3) is 0.353. The Kier molecular flexibility index (Phi) is 7.29. The molecule has 0 spiro atoms. The van der Waals surface area contributed by atoms with Crippen molar-refractivity contribution in [1.29, 1.82) is 0 Å². The molecule has 0 unspecified atom stereocenters. The Morgan fingerprint density at radius 2 is 1.67 bits per heavy atom. The average Bonchev–Trinajstić information content (AvgIpc) is 3.05. The molecule has 0 aliphatic heterocycles. The van der Waals surface area contributed by atoms with Gasteiger partial charge in [-0.05, 0) is 25.1 Å². The van der Waals surface area contributed by atoms with E-state index in [-0.39, 0.29) is 24.2 Å². The second-order valence-electron chi connectivity index (χ2n) is 5.70. The van der Waals surface area contributed by atoms with Gasteiger partial charge in [-0.2, -0.15) is 26.3 Å². The number of nitrogens with zero attached hydrogens (tertiary/aromatic N) is 1. The van der Waals surface area contributed by atoms with E-state index in [1.165, 1.54) is 5.38 Å². The van der Waals surface area contributed by atoms with Crippen LogP contribution in [0.25, 0.3) is 0 Å². The summed E-state index contributed by atoms with van der Waals surface area (Å²) in [6, 6.07) is 0.681. The molecule has 30 heavy (non-hydrogen) atoms. The fourth-order valence-electron chi connectivity index (χ4n) is 2.12. The number of thiazole rings is 1. The summed E-state index contributed by atoms with van der Waals surface area (Å²) in [5.41, 5.74) is -2.80. The minimum absolute atomic E-state index is 0.0480. The molecule has 0 fully saturated rings. The van der Waals surface area contributed by atoms with E-state index >= 15 is 0 Å². The second-order valence-corrected chi connectivity index (χ2v) is 6.56. The number of alkyl halides is 6. The van der Waals surface area contributed by atoms with Crippen LogP contribution in [0, 0.1) is 0 Å². The van der Waals surface area contributed by atoms with Crippen LogP contribution >= 0.6 is 11.3 Å². The first-order valence-electron chi connectivity index (χ1n) is 8.20. The standard InChI is InChI=1S/C17H14F6N2O4S/c1-2-28-14(27)6-11-8-30-15(24-11)25-13(26)7-29-12-4-9(16(18,19)20)3-10(5-12)17(21,22)23/h3-5,8H,2,6-7H2,1H3,(H,24,25,26). The van der Waals surface area contributed by atoms with E-state index in [4.69, 9.17) is 9.47 Å². The zero-order valence-corrected chi connectivity index (χ0v) is 16.0. The van der Waals surface area contributed by atoms with E-state index in [0.717, 1.165) is 11.3 Å². The third-order valence-corrected chi connectivity index (χ3v) is 4.17. The molecule has 0 aliphatic rings. The molecule has 0 saturated carbocycles. The molecule has 0 saturated heterocycles. The van der Waals surface area contributed by atoms with Gasteiger partial charge in [0.2, 0.25) is 0 Å². The van der Waals surface area contributed by atoms with Crippen LogP contribution in [0.15, 0.2) is 23.6 Å². The normalized spacial score (nSPS) is 11.8. The summed E-state index contributed by atoms with van der Waals surface area (Å²) in [5.74, 6) is -2.15. The summed E-state index contributed by atoms with van der Waals surface area (Å²) in [4.78, 5) is 27.2. The van der Waals surface area contributed by atoms with Gasteiger partial charge in [-0.15, -0.1) is 11.3 Å². The van der Waals surface area contributed by atoms with Gasteiger partial charge in [0.25, 0.3) is 5.91 Å². The van der Waals surface area contributed by atoms with E-state index in [1.54, 1.807) is 6.92 Å². The van der Waals surface area contributed by atoms with Crippen LogP contribution < -0.4 is 10.1 Å². The number of halogens is 6. The number of amides is 1. The van der Waals surface area contributed by atoms with Crippen LogP contribution in [0.5, 0.6) is 5.75 Å². The van der Waals surface area contributed by atoms with Crippen LogP contribution in [0.3, 0.4) is 0 Å². The van der Waals surface area contributed by atoms with Crippen molar-refractivity contribution in [2.24, 2.45) is 0 Å². The number of anilines is 1. The van der Waals surface area contributed by atoms with Crippen molar-refractivity contribution in [3.63, 3.8) is 0 Å². The molecular weight excluding hydrogens is 442 g/mol. The lowest BCUT2D eigenvalue weighted by molar-refractivity contribution is -0.144. The van der Waals surface area contributed by atoms with E-state index in [1.807, 2.05) is 0 Å². The Hall–Kier alpha value is -2.83. The van der Waals surface area contributed by atoms with Crippen molar-refractivity contribution in [3.05, 3.63) is 40.4 Å². The number of esters is 1. The van der Waals surface area contributed by atoms with Gasteiger partial charge >= 0.3 is 18.3 Å². The van der Waals surface area contributed by atoms with E-state index < -0.39 is 47.7 Å². The SMILES string of the molecule is CCOC(=O)Cc1csc(NC(=O)COc2cc(C(F)(F)F)cc(C(F)(F)F)c2)n1. The monoisotopic (exact) mass is 456 g/mol. The highest BCUT2D eigenvalue weighted by Crippen LogP contribution is 2.38. The first-order chi connectivity index (χ1) is 13.9. The van der Waals surface area contributed by atoms with Crippen molar-refractivity contribution in [2.75, 3.05) is 18.5 Å². The predicted molar refractivity (Wildman–Crippen MR) is 93.0 cm³/mol. The van der Waals surface area contributed by atoms with Crippen molar-refractivity contribution in [2.45, 2.75) is 25.7 Å². The zero-order chi connectivity index (χ0) is 22.5. The number of carbonyl (C=O) groups excluding carboxylic acids is 2. The maximum atomic E-state index is 12.8. The van der Waals surface area contributed by atoms with Crippen molar-refractivity contribution in [1.82, 2.24) is 4.98 Å². The Bertz CT molecular complexity index is 878. The van der Waals surface area contributed by atoms with Gasteiger partial charge in [0.1, 0.15) is 5.75 Å². The summed E-state index contributed by atoms with van der Waals surface area (Å²) in [7, 11) is 0. The van der Waals surface area contributed by atoms with Gasteiger partial charge in [0.05, 0.1) is 29.8 Å². The minimum atomic E-state index is -5.03. The van der Waals surface area contributed by atoms with Crippen molar-refractivity contribution >= 4 is 28.3 Å². The Balaban J connectivity index is 2.02. The molecule has 2 rings (SSSR count). The highest BCUT2D eigenvalue weighted by atomic mass is 32.1. The Labute approximate surface area is 169 Å². The van der Waals surface area contributed by atoms with Gasteiger partial charge in [0.15, 0.2) is 11.7 Å². The van der Waals surface area contributed by atoms with Gasteiger partial charge in [-0.1, -0.05) is 0 Å². The largest absolute Gasteiger partial charge is 0.484 e. The molecule has 1 amide bonds. The number of ether oxygens (including phenoxy) is 2. The molecule has 1 aromatic heterocycles. The summed E-state index contributed by atoms with van der Waals surface area (Å²) < 4.78 is 86.5. The van der Waals surface area contributed by atoms with E-state index in [0.29, 0.717) is 17.8 Å². The fourth-order valence-corrected chi connectivity index (χ4v) is 2.85. The molecule has 1 heterocycles. The Morgan fingerprint density at radius 3 is 2.20 bits per heavy atom. The number of hydrogen-bond acceptors (Lipinski definition) is 6. The zero-order valence-electron chi connectivity index (χ0n) is 15.2. The predicted octanol–water partition coefficient (Wildman–Crippen LogP) is 4.30. The van der Waals surface area contributed by atoms with Gasteiger partial charge in [0, 0.05) is 5.38 Å². The molecule has 0 radical (unpaired) electrons. The van der Waals surface area contributed by atoms with Crippen LogP contribution in [0.4, 0.5) is 31.5 Å². The van der Waals surface area contributed by atoms with Crippen LogP contribution in [0.1, 0.15) is 23.7 Å². The lowest BCUT2D eigenvalue weighted by Gasteiger charge is -2.14. The van der Waals surface area contributed by atoms with Crippen molar-refractivity contribution < 1.29 is 45.4 Å². The number of carbonyl (C=O) groups is 2. The minimum Gasteiger partial charge on any atom is -0.484 e. The molecule has 0 aliphatic carbocycles. The lowest BCUT2D eigenvalue weighted by Crippen LogP contribution is -2.20. The smallest absolute Gasteiger partial charge is 0.416 e. The average molecular weight is 456 g/mol. The molecule has 13 heteroatoms. The number of benzene rings is 1. The Morgan fingerprint density at radius 1 is 1.07 bits per heavy atom. The summed E-state index contributed by atoms with van der Waals surface area (Å²) in [5, 5.41) is 3.83. The summed E-state index contributed by atoms with van der Waals surface area (Å²) in [6.07, 6.45) is -10.2. The molecular formula is C17H14F6N2O4S. The first-order valence-corrected chi connectivity index (χ1v) is 9.08. The third-order valence-electron chi connectivity index (χ3n) is 3.36. The number of hydrogen-bond donors (Lipinski definition) is 1. The van der Waals surface area contributed by atoms with Crippen LogP contribution in [0.2, 0.25) is 0 Å². The maximum absolute atomic E-state index is 12.8. The third kappa shape index (κ3) is 6.90. The van der Waals surface area contributed by atoms with Gasteiger partial charge in [-0.25, -0.2) is 4.98 Å². The molecule has 6 nitrogen and oxygen atoms in total. The molecule has 0 bridgehead atoms. The van der Waals surface area contributed by atoms with Crippen molar-refractivity contribution in [3.8, 4) is 5.75 Å². The van der Waals surface area contributed by atoms with Crippen LogP contribution in [-0.4, -0.2) is 30.1 Å². The maximum Gasteiger partial charge on any atom is 0.416 e. The topological polar surface area (TPSA) is 77.5 Å². The number of rotatable bonds is 7. The highest BCUT2D eigenvalue weighted by molar-refractivity contribution is 7.13. The molecule has 2 aromatic rings. The highest BCUT2D eigenvalue weighted by Gasteiger charge is 2.37. The van der Waals surface area contributed by atoms with E-state index in [9.17, 15) is 35.9 Å². The molecule has 0 atom stereocenters. The first kappa shape index (κ1) is 23.4. The van der Waals surface area contributed by atoms with Gasteiger partial charge in [-0.3, -0.25) is 14.9 Å². The second kappa shape index (κ2) is 9.32. The lowest BCUT2D eigenvalue weighted by atomic mass is 10.1. The summed E-state index contributed by atoms with van der Waals surface area (Å²) in [6.45, 7) is 0.966. The quantitative estimate of drug-likeness (QED) is 0.497. The number of aromatic nitrogens is 1.